The zero-order valence-corrected chi connectivity index (χ0v) is 17.4. The number of aromatic nitrogens is 2. The van der Waals surface area contributed by atoms with Crippen molar-refractivity contribution >= 4 is 28.6 Å². The Labute approximate surface area is 161 Å². The molecule has 1 aliphatic heterocycles. The molecule has 0 bridgehead atoms. The quantitative estimate of drug-likeness (QED) is 0.817. The summed E-state index contributed by atoms with van der Waals surface area (Å²) >= 11 is 1.46. The number of likely N-dealkylation sites (tertiary alicyclic amines) is 1. The van der Waals surface area contributed by atoms with E-state index < -0.39 is 0 Å². The molecule has 144 valence electrons. The molecule has 1 saturated heterocycles. The van der Waals surface area contributed by atoms with E-state index in [1.807, 2.05) is 0 Å². The lowest BCUT2D eigenvalue weighted by atomic mass is 9.99. The molecule has 2 fully saturated rings. The van der Waals surface area contributed by atoms with Crippen molar-refractivity contribution in [2.75, 3.05) is 42.7 Å². The third kappa shape index (κ3) is 3.77. The number of anilines is 2. The number of amides is 1. The van der Waals surface area contributed by atoms with Crippen molar-refractivity contribution in [3.05, 3.63) is 11.9 Å². The number of carbonyl (C=O) groups is 1. The number of hydrogen-bond donors (Lipinski definition) is 1. The van der Waals surface area contributed by atoms with Crippen LogP contribution in [0.2, 0.25) is 0 Å². The highest BCUT2D eigenvalue weighted by Crippen LogP contribution is 2.55. The fraction of sp³-hybridized carbons (Fsp3) is 0.737. The maximum atomic E-state index is 12.6. The third-order valence-corrected chi connectivity index (χ3v) is 6.84. The Kier molecular flexibility index (Phi) is 5.65. The molecule has 6 nitrogen and oxygen atoms in total. The number of rotatable bonds is 6. The van der Waals surface area contributed by atoms with Crippen LogP contribution >= 0.6 is 11.8 Å². The van der Waals surface area contributed by atoms with Gasteiger partial charge in [0.15, 0.2) is 0 Å². The summed E-state index contributed by atoms with van der Waals surface area (Å²) in [5.74, 6) is 3.29. The van der Waals surface area contributed by atoms with E-state index in [-0.39, 0.29) is 10.7 Å². The van der Waals surface area contributed by atoms with Gasteiger partial charge in [-0.25, -0.2) is 9.97 Å². The second-order valence-corrected chi connectivity index (χ2v) is 9.01. The molecule has 1 N–H and O–H groups in total. The van der Waals surface area contributed by atoms with Crippen molar-refractivity contribution in [1.82, 2.24) is 14.9 Å². The fourth-order valence-corrected chi connectivity index (χ4v) is 4.69. The summed E-state index contributed by atoms with van der Waals surface area (Å²) in [5.41, 5.74) is 1.32. The molecule has 2 aliphatic rings. The van der Waals surface area contributed by atoms with Crippen LogP contribution in [0.1, 0.15) is 39.2 Å². The molecule has 1 aliphatic carbocycles. The summed E-state index contributed by atoms with van der Waals surface area (Å²) in [5, 5.41) is 3.54. The maximum Gasteiger partial charge on any atom is 0.281 e. The average molecular weight is 378 g/mol. The van der Waals surface area contributed by atoms with Gasteiger partial charge in [0.2, 0.25) is 0 Å². The summed E-state index contributed by atoms with van der Waals surface area (Å²) in [6, 6.07) is 0.328. The predicted molar refractivity (Wildman–Crippen MR) is 109 cm³/mol. The molecule has 2 heterocycles. The minimum Gasteiger partial charge on any atom is -0.370 e. The van der Waals surface area contributed by atoms with Crippen molar-refractivity contribution in [2.45, 2.75) is 46.6 Å². The van der Waals surface area contributed by atoms with Crippen LogP contribution in [0.4, 0.5) is 16.4 Å². The summed E-state index contributed by atoms with van der Waals surface area (Å²) in [7, 11) is 2.12. The molecule has 0 aromatic carbocycles. The third-order valence-electron chi connectivity index (χ3n) is 5.50. The van der Waals surface area contributed by atoms with Gasteiger partial charge in [0, 0.05) is 43.4 Å². The maximum absolute atomic E-state index is 12.6. The lowest BCUT2D eigenvalue weighted by molar-refractivity contribution is 0.231. The standard InChI is InChI=1S/C19H31N5OS/c1-6-20-16-14(4)17(22-12-21-16)23(5)15-9-24(11-19(15)7-8-19)18(25)26-10-13(2)3/h12-13,15H,6-11H2,1-5H3,(H,20,21,22). The molecule has 1 spiro atoms. The van der Waals surface area contributed by atoms with Crippen molar-refractivity contribution in [3.63, 3.8) is 0 Å². The lowest BCUT2D eigenvalue weighted by Gasteiger charge is -2.31. The van der Waals surface area contributed by atoms with Gasteiger partial charge in [-0.15, -0.1) is 0 Å². The van der Waals surface area contributed by atoms with E-state index in [4.69, 9.17) is 0 Å². The fourth-order valence-electron chi connectivity index (χ4n) is 3.90. The van der Waals surface area contributed by atoms with Gasteiger partial charge in [-0.05, 0) is 32.6 Å². The van der Waals surface area contributed by atoms with Crippen LogP contribution < -0.4 is 10.2 Å². The molecular weight excluding hydrogens is 346 g/mol. The second kappa shape index (κ2) is 7.62. The molecule has 1 amide bonds. The Morgan fingerprint density at radius 2 is 2.19 bits per heavy atom. The molecule has 3 rings (SSSR count). The summed E-state index contributed by atoms with van der Waals surface area (Å²) in [6.45, 7) is 11.0. The first-order chi connectivity index (χ1) is 12.4. The topological polar surface area (TPSA) is 61.4 Å². The van der Waals surface area contributed by atoms with Crippen LogP contribution in [0, 0.1) is 18.3 Å². The van der Waals surface area contributed by atoms with Gasteiger partial charge in [0.25, 0.3) is 5.24 Å². The first-order valence-electron chi connectivity index (χ1n) is 9.58. The first-order valence-corrected chi connectivity index (χ1v) is 10.6. The summed E-state index contributed by atoms with van der Waals surface area (Å²) in [4.78, 5) is 25.9. The molecular formula is C19H31N5OS. The largest absolute Gasteiger partial charge is 0.370 e. The number of nitrogens with one attached hydrogen (secondary N) is 1. The van der Waals surface area contributed by atoms with E-state index in [0.29, 0.717) is 12.0 Å². The van der Waals surface area contributed by atoms with Gasteiger partial charge < -0.3 is 15.1 Å². The second-order valence-electron chi connectivity index (χ2n) is 8.04. The number of nitrogens with zero attached hydrogens (tertiary/aromatic N) is 4. The molecule has 26 heavy (non-hydrogen) atoms. The number of likely N-dealkylation sites (N-methyl/N-ethyl adjacent to an activating group) is 1. The monoisotopic (exact) mass is 377 g/mol. The Balaban J connectivity index is 1.75. The summed E-state index contributed by atoms with van der Waals surface area (Å²) in [6.07, 6.45) is 4.03. The molecule has 0 radical (unpaired) electrons. The van der Waals surface area contributed by atoms with E-state index in [2.05, 4.69) is 59.8 Å². The first kappa shape index (κ1) is 19.3. The zero-order valence-electron chi connectivity index (χ0n) is 16.6. The van der Waals surface area contributed by atoms with E-state index in [1.165, 1.54) is 24.6 Å². The molecule has 7 heteroatoms. The van der Waals surface area contributed by atoms with Gasteiger partial charge in [-0.3, -0.25) is 4.79 Å². The SMILES string of the molecule is CCNc1ncnc(N(C)C2CN(C(=O)SCC(C)C)CC23CC3)c1C. The Morgan fingerprint density at radius 3 is 2.81 bits per heavy atom. The van der Waals surface area contributed by atoms with Crippen molar-refractivity contribution in [3.8, 4) is 0 Å². The molecule has 1 saturated carbocycles. The number of carbonyl (C=O) groups excluding carboxylic acids is 1. The highest BCUT2D eigenvalue weighted by atomic mass is 32.2. The van der Waals surface area contributed by atoms with Crippen molar-refractivity contribution < 1.29 is 4.79 Å². The number of hydrogen-bond acceptors (Lipinski definition) is 6. The minimum absolute atomic E-state index is 0.230. The van der Waals surface area contributed by atoms with E-state index >= 15 is 0 Å². The Morgan fingerprint density at radius 1 is 1.46 bits per heavy atom. The van der Waals surface area contributed by atoms with Gasteiger partial charge >= 0.3 is 0 Å². The van der Waals surface area contributed by atoms with Crippen LogP contribution in [0.15, 0.2) is 6.33 Å². The van der Waals surface area contributed by atoms with Crippen LogP contribution in [0.3, 0.4) is 0 Å². The Bertz CT molecular complexity index is 661. The molecule has 1 unspecified atom stereocenters. The van der Waals surface area contributed by atoms with Crippen LogP contribution in [0.5, 0.6) is 0 Å². The van der Waals surface area contributed by atoms with Gasteiger partial charge in [0.05, 0.1) is 6.04 Å². The highest BCUT2D eigenvalue weighted by Gasteiger charge is 2.57. The van der Waals surface area contributed by atoms with Crippen LogP contribution in [-0.4, -0.2) is 58.6 Å². The smallest absolute Gasteiger partial charge is 0.281 e. The van der Waals surface area contributed by atoms with E-state index in [0.717, 1.165) is 42.6 Å². The lowest BCUT2D eigenvalue weighted by Crippen LogP contribution is -2.40. The van der Waals surface area contributed by atoms with Crippen molar-refractivity contribution in [1.29, 1.82) is 0 Å². The van der Waals surface area contributed by atoms with Gasteiger partial charge in [0.1, 0.15) is 18.0 Å². The minimum atomic E-state index is 0.230. The molecule has 1 atom stereocenters. The summed E-state index contributed by atoms with van der Waals surface area (Å²) < 4.78 is 0. The molecule has 1 aromatic heterocycles. The normalized spacial score (nSPS) is 20.7. The highest BCUT2D eigenvalue weighted by molar-refractivity contribution is 8.13. The van der Waals surface area contributed by atoms with Gasteiger partial charge in [-0.1, -0.05) is 25.6 Å². The molecule has 1 aromatic rings. The predicted octanol–water partition coefficient (Wildman–Crippen LogP) is 3.63. The van der Waals surface area contributed by atoms with E-state index in [9.17, 15) is 4.79 Å². The van der Waals surface area contributed by atoms with Crippen LogP contribution in [0.25, 0.3) is 0 Å². The van der Waals surface area contributed by atoms with Gasteiger partial charge in [-0.2, -0.15) is 0 Å². The van der Waals surface area contributed by atoms with Crippen molar-refractivity contribution in [2.24, 2.45) is 11.3 Å². The number of thioether (sulfide) groups is 1. The zero-order chi connectivity index (χ0) is 18.9. The van der Waals surface area contributed by atoms with Crippen LogP contribution in [-0.2, 0) is 0 Å². The van der Waals surface area contributed by atoms with E-state index in [1.54, 1.807) is 6.33 Å². The Hall–Kier alpha value is -1.50. The average Bonchev–Trinajstić information content (AvgIpc) is 3.27.